The summed E-state index contributed by atoms with van der Waals surface area (Å²) in [6.45, 7) is 7.34. The molecule has 0 radical (unpaired) electrons. The molecule has 0 atom stereocenters. The summed E-state index contributed by atoms with van der Waals surface area (Å²) in [7, 11) is 0. The lowest BCUT2D eigenvalue weighted by Gasteiger charge is -2.26. The van der Waals surface area contributed by atoms with Crippen LogP contribution in [0.3, 0.4) is 0 Å². The van der Waals surface area contributed by atoms with Crippen LogP contribution in [0.4, 0.5) is 5.82 Å². The monoisotopic (exact) mass is 419 g/mol. The van der Waals surface area contributed by atoms with Crippen LogP contribution in [0.15, 0.2) is 41.3 Å². The van der Waals surface area contributed by atoms with E-state index in [-0.39, 0.29) is 5.69 Å². The number of hydrogen-bond donors (Lipinski definition) is 1. The summed E-state index contributed by atoms with van der Waals surface area (Å²) >= 11 is 0. The SMILES string of the molecule is Cc1ncccc1-n1c(=O)nc(NCCCN2CCOCC2)c2ccc(C3CC3)cc21. The molecular weight excluding hydrogens is 390 g/mol. The fourth-order valence-electron chi connectivity index (χ4n) is 4.33. The van der Waals surface area contributed by atoms with Crippen LogP contribution in [0.1, 0.15) is 36.4 Å². The van der Waals surface area contributed by atoms with Gasteiger partial charge in [0, 0.05) is 31.2 Å². The van der Waals surface area contributed by atoms with E-state index in [1.54, 1.807) is 10.8 Å². The van der Waals surface area contributed by atoms with Crippen molar-refractivity contribution in [1.29, 1.82) is 0 Å². The molecule has 2 aliphatic rings. The lowest BCUT2D eigenvalue weighted by molar-refractivity contribution is 0.0378. The highest BCUT2D eigenvalue weighted by atomic mass is 16.5. The summed E-state index contributed by atoms with van der Waals surface area (Å²) in [6, 6.07) is 10.3. The van der Waals surface area contributed by atoms with Gasteiger partial charge in [-0.05, 0) is 68.5 Å². The number of morpholine rings is 1. The van der Waals surface area contributed by atoms with Gasteiger partial charge in [0.05, 0.1) is 30.1 Å². The van der Waals surface area contributed by atoms with E-state index in [2.05, 4.69) is 38.4 Å². The molecule has 1 saturated carbocycles. The lowest BCUT2D eigenvalue weighted by atomic mass is 10.1. The third kappa shape index (κ3) is 4.34. The molecule has 1 saturated heterocycles. The Labute approximate surface area is 182 Å². The highest BCUT2D eigenvalue weighted by Crippen LogP contribution is 2.41. The maximum absolute atomic E-state index is 13.1. The van der Waals surface area contributed by atoms with E-state index in [1.807, 2.05) is 19.1 Å². The van der Waals surface area contributed by atoms with Gasteiger partial charge in [0.2, 0.25) is 0 Å². The number of anilines is 1. The van der Waals surface area contributed by atoms with Gasteiger partial charge in [0.1, 0.15) is 5.82 Å². The first-order chi connectivity index (χ1) is 15.2. The number of ether oxygens (including phenoxy) is 1. The Morgan fingerprint density at radius 2 is 2.03 bits per heavy atom. The summed E-state index contributed by atoms with van der Waals surface area (Å²) < 4.78 is 7.13. The van der Waals surface area contributed by atoms with Crippen molar-refractivity contribution in [3.63, 3.8) is 0 Å². The number of nitrogens with one attached hydrogen (secondary N) is 1. The molecule has 0 amide bonds. The number of pyridine rings is 1. The van der Waals surface area contributed by atoms with Crippen LogP contribution < -0.4 is 11.0 Å². The Balaban J connectivity index is 1.46. The third-order valence-corrected chi connectivity index (χ3v) is 6.23. The van der Waals surface area contributed by atoms with Gasteiger partial charge in [0.15, 0.2) is 0 Å². The zero-order chi connectivity index (χ0) is 21.2. The lowest BCUT2D eigenvalue weighted by Crippen LogP contribution is -2.37. The fourth-order valence-corrected chi connectivity index (χ4v) is 4.33. The van der Waals surface area contributed by atoms with Crippen LogP contribution in [0.25, 0.3) is 16.6 Å². The second-order valence-corrected chi connectivity index (χ2v) is 8.47. The smallest absolute Gasteiger partial charge is 0.354 e. The number of rotatable bonds is 7. The Morgan fingerprint density at radius 3 is 2.81 bits per heavy atom. The standard InChI is InChI=1S/C24H29N5O2/c1-17-21(4-2-9-25-17)29-22-16-19(18-5-6-18)7-8-20(22)23(27-24(29)30)26-10-3-11-28-12-14-31-15-13-28/h2,4,7-9,16,18H,3,5-6,10-15H2,1H3,(H,26,27,30). The van der Waals surface area contributed by atoms with Crippen LogP contribution in [0, 0.1) is 6.92 Å². The van der Waals surface area contributed by atoms with E-state index in [0.29, 0.717) is 11.7 Å². The second-order valence-electron chi connectivity index (χ2n) is 8.47. The minimum atomic E-state index is -0.271. The molecule has 3 heterocycles. The van der Waals surface area contributed by atoms with Crippen molar-refractivity contribution in [3.05, 3.63) is 58.3 Å². The molecule has 2 fully saturated rings. The van der Waals surface area contributed by atoms with Gasteiger partial charge < -0.3 is 10.1 Å². The van der Waals surface area contributed by atoms with Gasteiger partial charge in [-0.15, -0.1) is 0 Å². The summed E-state index contributed by atoms with van der Waals surface area (Å²) in [6.07, 6.45) is 5.19. The molecule has 7 heteroatoms. The van der Waals surface area contributed by atoms with Gasteiger partial charge in [0.25, 0.3) is 0 Å². The van der Waals surface area contributed by atoms with Gasteiger partial charge >= 0.3 is 5.69 Å². The normalized spacial score (nSPS) is 17.2. The Morgan fingerprint density at radius 1 is 1.19 bits per heavy atom. The summed E-state index contributed by atoms with van der Waals surface area (Å²) in [5.41, 5.74) is 3.53. The average Bonchev–Trinajstić information content (AvgIpc) is 3.63. The van der Waals surface area contributed by atoms with Crippen LogP contribution in [-0.2, 0) is 4.74 Å². The predicted molar refractivity (Wildman–Crippen MR) is 122 cm³/mol. The highest BCUT2D eigenvalue weighted by Gasteiger charge is 2.25. The summed E-state index contributed by atoms with van der Waals surface area (Å²) in [4.78, 5) is 24.4. The number of fused-ring (bicyclic) bond motifs is 1. The van der Waals surface area contributed by atoms with E-state index < -0.39 is 0 Å². The van der Waals surface area contributed by atoms with Crippen LogP contribution in [0.5, 0.6) is 0 Å². The molecule has 162 valence electrons. The fraction of sp³-hybridized carbons (Fsp3) is 0.458. The van der Waals surface area contributed by atoms with Gasteiger partial charge in [-0.25, -0.2) is 4.79 Å². The molecule has 1 aliphatic heterocycles. The third-order valence-electron chi connectivity index (χ3n) is 6.23. The molecule has 2 aromatic heterocycles. The maximum Gasteiger partial charge on any atom is 0.354 e. The molecule has 0 unspecified atom stereocenters. The van der Waals surface area contributed by atoms with Crippen molar-refractivity contribution >= 4 is 16.7 Å². The summed E-state index contributed by atoms with van der Waals surface area (Å²) in [5, 5.41) is 4.40. The maximum atomic E-state index is 13.1. The number of aromatic nitrogens is 3. The molecule has 0 spiro atoms. The van der Waals surface area contributed by atoms with E-state index >= 15 is 0 Å². The highest BCUT2D eigenvalue weighted by molar-refractivity contribution is 5.91. The Kier molecular flexibility index (Phi) is 5.70. The molecule has 31 heavy (non-hydrogen) atoms. The first-order valence-electron chi connectivity index (χ1n) is 11.2. The van der Waals surface area contributed by atoms with Crippen molar-refractivity contribution in [2.75, 3.05) is 44.7 Å². The minimum Gasteiger partial charge on any atom is -0.379 e. The molecule has 1 N–H and O–H groups in total. The minimum absolute atomic E-state index is 0.271. The first-order valence-corrected chi connectivity index (χ1v) is 11.2. The number of aryl methyl sites for hydroxylation is 1. The van der Waals surface area contributed by atoms with E-state index in [0.717, 1.165) is 68.1 Å². The number of benzene rings is 1. The zero-order valence-electron chi connectivity index (χ0n) is 18.0. The first kappa shape index (κ1) is 20.2. The van der Waals surface area contributed by atoms with Crippen LogP contribution in [-0.4, -0.2) is 58.8 Å². The van der Waals surface area contributed by atoms with Gasteiger partial charge in [-0.3, -0.25) is 14.5 Å². The van der Waals surface area contributed by atoms with Gasteiger partial charge in [-0.2, -0.15) is 4.98 Å². The Hall–Kier alpha value is -2.77. The van der Waals surface area contributed by atoms with Crippen molar-refractivity contribution in [3.8, 4) is 5.69 Å². The predicted octanol–water partition coefficient (Wildman–Crippen LogP) is 3.10. The van der Waals surface area contributed by atoms with Crippen molar-refractivity contribution < 1.29 is 4.74 Å². The Bertz CT molecular complexity index is 1130. The molecular formula is C24H29N5O2. The molecule has 1 aliphatic carbocycles. The summed E-state index contributed by atoms with van der Waals surface area (Å²) in [5.74, 6) is 1.28. The van der Waals surface area contributed by atoms with Gasteiger partial charge in [-0.1, -0.05) is 6.07 Å². The van der Waals surface area contributed by atoms with Crippen LogP contribution >= 0.6 is 0 Å². The molecule has 0 bridgehead atoms. The number of hydrogen-bond acceptors (Lipinski definition) is 6. The number of nitrogens with zero attached hydrogens (tertiary/aromatic N) is 4. The molecule has 5 rings (SSSR count). The van der Waals surface area contributed by atoms with Crippen molar-refractivity contribution in [1.82, 2.24) is 19.4 Å². The molecule has 7 nitrogen and oxygen atoms in total. The molecule has 3 aromatic rings. The van der Waals surface area contributed by atoms with E-state index in [1.165, 1.54) is 18.4 Å². The molecule has 1 aromatic carbocycles. The second kappa shape index (κ2) is 8.77. The quantitative estimate of drug-likeness (QED) is 0.594. The van der Waals surface area contributed by atoms with Crippen molar-refractivity contribution in [2.45, 2.75) is 32.1 Å². The average molecular weight is 420 g/mol. The van der Waals surface area contributed by atoms with Crippen molar-refractivity contribution in [2.24, 2.45) is 0 Å². The topological polar surface area (TPSA) is 72.3 Å². The zero-order valence-corrected chi connectivity index (χ0v) is 18.0. The van der Waals surface area contributed by atoms with E-state index in [9.17, 15) is 4.79 Å². The van der Waals surface area contributed by atoms with Crippen LogP contribution in [0.2, 0.25) is 0 Å². The van der Waals surface area contributed by atoms with E-state index in [4.69, 9.17) is 4.74 Å². The largest absolute Gasteiger partial charge is 0.379 e.